The molecule has 24 heavy (non-hydrogen) atoms. The minimum atomic E-state index is -0.365. The molecular formula is C18H17BrClNO3. The second-order valence-corrected chi connectivity index (χ2v) is 6.34. The van der Waals surface area contributed by atoms with Crippen LogP contribution in [0.15, 0.2) is 33.7 Å². The van der Waals surface area contributed by atoms with Crippen molar-refractivity contribution in [3.63, 3.8) is 0 Å². The smallest absolute Gasteiger partial charge is 0.338 e. The molecule has 0 aromatic heterocycles. The minimum Gasteiger partial charge on any atom is -0.506 e. The van der Waals surface area contributed by atoms with Crippen molar-refractivity contribution in [3.8, 4) is 5.75 Å². The van der Waals surface area contributed by atoms with Crippen LogP contribution in [0.1, 0.15) is 34.0 Å². The van der Waals surface area contributed by atoms with E-state index in [9.17, 15) is 9.90 Å². The first kappa shape index (κ1) is 18.5. The zero-order chi connectivity index (χ0) is 17.9. The normalized spacial score (nSPS) is 11.0. The Morgan fingerprint density at radius 3 is 2.50 bits per heavy atom. The summed E-state index contributed by atoms with van der Waals surface area (Å²) >= 11 is 9.61. The van der Waals surface area contributed by atoms with Crippen molar-refractivity contribution in [2.24, 2.45) is 4.99 Å². The number of halogens is 2. The molecule has 0 spiro atoms. The van der Waals surface area contributed by atoms with Crippen molar-refractivity contribution in [1.29, 1.82) is 0 Å². The number of carbonyl (C=O) groups excluding carboxylic acids is 1. The Balaban J connectivity index is 2.31. The summed E-state index contributed by atoms with van der Waals surface area (Å²) in [5.74, 6) is -0.267. The topological polar surface area (TPSA) is 58.9 Å². The van der Waals surface area contributed by atoms with E-state index in [1.165, 1.54) is 0 Å². The van der Waals surface area contributed by atoms with Gasteiger partial charge in [-0.2, -0.15) is 0 Å². The van der Waals surface area contributed by atoms with Crippen LogP contribution in [0.25, 0.3) is 0 Å². The number of ether oxygens (including phenoxy) is 1. The van der Waals surface area contributed by atoms with Gasteiger partial charge >= 0.3 is 5.97 Å². The maximum absolute atomic E-state index is 11.6. The SMILES string of the molecule is CCOC(=O)c1ccc(N=Cc2c(C)c(Cl)c(C)c(Br)c2O)cc1. The van der Waals surface area contributed by atoms with Crippen molar-refractivity contribution in [2.45, 2.75) is 20.8 Å². The molecule has 6 heteroatoms. The predicted molar refractivity (Wildman–Crippen MR) is 99.9 cm³/mol. The number of hydrogen-bond donors (Lipinski definition) is 1. The molecule has 0 radical (unpaired) electrons. The van der Waals surface area contributed by atoms with E-state index < -0.39 is 0 Å². The fraction of sp³-hybridized carbons (Fsp3) is 0.222. The summed E-state index contributed by atoms with van der Waals surface area (Å²) in [5, 5.41) is 10.9. The van der Waals surface area contributed by atoms with Crippen LogP contribution in [0, 0.1) is 13.8 Å². The summed E-state index contributed by atoms with van der Waals surface area (Å²) in [5.41, 5.74) is 3.20. The maximum Gasteiger partial charge on any atom is 0.338 e. The van der Waals surface area contributed by atoms with Gasteiger partial charge in [-0.05, 0) is 72.1 Å². The molecule has 0 atom stereocenters. The van der Waals surface area contributed by atoms with E-state index in [-0.39, 0.29) is 11.7 Å². The van der Waals surface area contributed by atoms with Crippen LogP contribution >= 0.6 is 27.5 Å². The van der Waals surface area contributed by atoms with Crippen LogP contribution in [0.2, 0.25) is 5.02 Å². The molecule has 0 saturated carbocycles. The van der Waals surface area contributed by atoms with E-state index in [4.69, 9.17) is 16.3 Å². The van der Waals surface area contributed by atoms with Crippen molar-refractivity contribution in [3.05, 3.63) is 56.0 Å². The lowest BCUT2D eigenvalue weighted by atomic mass is 10.0. The molecule has 0 saturated heterocycles. The highest BCUT2D eigenvalue weighted by atomic mass is 79.9. The Morgan fingerprint density at radius 2 is 1.92 bits per heavy atom. The predicted octanol–water partition coefficient (Wildman–Crippen LogP) is 5.35. The largest absolute Gasteiger partial charge is 0.506 e. The fourth-order valence-corrected chi connectivity index (χ4v) is 2.89. The van der Waals surface area contributed by atoms with Crippen LogP contribution in [-0.2, 0) is 4.74 Å². The van der Waals surface area contributed by atoms with Crippen LogP contribution in [-0.4, -0.2) is 23.9 Å². The van der Waals surface area contributed by atoms with Crippen molar-refractivity contribution >= 4 is 45.4 Å². The second kappa shape index (κ2) is 7.81. The number of aliphatic imine (C=N–C) groups is 1. The number of esters is 1. The lowest BCUT2D eigenvalue weighted by molar-refractivity contribution is 0.0526. The molecule has 0 heterocycles. The Kier molecular flexibility index (Phi) is 6.02. The van der Waals surface area contributed by atoms with Crippen LogP contribution in [0.5, 0.6) is 5.75 Å². The molecule has 0 unspecified atom stereocenters. The molecule has 0 fully saturated rings. The molecule has 4 nitrogen and oxygen atoms in total. The standard InChI is InChI=1S/C18H17BrClNO3/c1-4-24-18(23)12-5-7-13(8-6-12)21-9-14-10(2)16(20)11(3)15(19)17(14)22/h5-9,22H,4H2,1-3H3. The van der Waals surface area contributed by atoms with Crippen molar-refractivity contribution in [2.75, 3.05) is 6.61 Å². The van der Waals surface area contributed by atoms with Gasteiger partial charge < -0.3 is 9.84 Å². The highest BCUT2D eigenvalue weighted by Crippen LogP contribution is 2.38. The summed E-state index contributed by atoms with van der Waals surface area (Å²) in [4.78, 5) is 16.0. The van der Waals surface area contributed by atoms with Gasteiger partial charge in [0.1, 0.15) is 5.75 Å². The Morgan fingerprint density at radius 1 is 1.29 bits per heavy atom. The van der Waals surface area contributed by atoms with Crippen molar-refractivity contribution in [1.82, 2.24) is 0 Å². The van der Waals surface area contributed by atoms with Gasteiger partial charge in [-0.15, -0.1) is 0 Å². The van der Waals surface area contributed by atoms with Crippen LogP contribution in [0.3, 0.4) is 0 Å². The van der Waals surface area contributed by atoms with Gasteiger partial charge in [-0.1, -0.05) is 11.6 Å². The van der Waals surface area contributed by atoms with Crippen molar-refractivity contribution < 1.29 is 14.6 Å². The lowest BCUT2D eigenvalue weighted by Gasteiger charge is -2.11. The highest BCUT2D eigenvalue weighted by molar-refractivity contribution is 9.10. The Labute approximate surface area is 154 Å². The molecule has 0 amide bonds. The first-order chi connectivity index (χ1) is 11.4. The van der Waals surface area contributed by atoms with E-state index in [1.807, 2.05) is 13.8 Å². The molecule has 1 N–H and O–H groups in total. The number of aromatic hydroxyl groups is 1. The monoisotopic (exact) mass is 409 g/mol. The molecule has 0 aliphatic rings. The van der Waals surface area contributed by atoms with Gasteiger partial charge in [0.2, 0.25) is 0 Å². The van der Waals surface area contributed by atoms with E-state index in [0.717, 1.165) is 11.1 Å². The van der Waals surface area contributed by atoms with Gasteiger partial charge in [-0.3, -0.25) is 4.99 Å². The number of phenols is 1. The molecule has 126 valence electrons. The molecular weight excluding hydrogens is 394 g/mol. The summed E-state index contributed by atoms with van der Waals surface area (Å²) in [7, 11) is 0. The number of hydrogen-bond acceptors (Lipinski definition) is 4. The number of phenolic OH excluding ortho intramolecular Hbond substituents is 1. The van der Waals surface area contributed by atoms with E-state index in [2.05, 4.69) is 20.9 Å². The molecule has 2 rings (SSSR count). The first-order valence-corrected chi connectivity index (χ1v) is 8.52. The molecule has 0 bridgehead atoms. The second-order valence-electron chi connectivity index (χ2n) is 5.17. The number of nitrogens with zero attached hydrogens (tertiary/aromatic N) is 1. The number of benzene rings is 2. The van der Waals surface area contributed by atoms with E-state index >= 15 is 0 Å². The number of rotatable bonds is 4. The van der Waals surface area contributed by atoms with Gasteiger partial charge in [0.05, 0.1) is 22.3 Å². The zero-order valence-corrected chi connectivity index (χ0v) is 15.9. The molecule has 0 aliphatic carbocycles. The number of carbonyl (C=O) groups is 1. The third-order valence-electron chi connectivity index (χ3n) is 3.58. The Bertz CT molecular complexity index is 772. The summed E-state index contributed by atoms with van der Waals surface area (Å²) < 4.78 is 5.49. The summed E-state index contributed by atoms with van der Waals surface area (Å²) in [6, 6.07) is 6.71. The minimum absolute atomic E-state index is 0.0984. The fourth-order valence-electron chi connectivity index (χ4n) is 2.16. The molecule has 2 aromatic carbocycles. The Hall–Kier alpha value is -1.85. The van der Waals surface area contributed by atoms with Gasteiger partial charge in [0, 0.05) is 16.8 Å². The zero-order valence-electron chi connectivity index (χ0n) is 13.6. The first-order valence-electron chi connectivity index (χ1n) is 7.35. The van der Waals surface area contributed by atoms with Gasteiger partial charge in [0.25, 0.3) is 0 Å². The highest BCUT2D eigenvalue weighted by Gasteiger charge is 2.15. The van der Waals surface area contributed by atoms with Gasteiger partial charge in [-0.25, -0.2) is 4.79 Å². The summed E-state index contributed by atoms with van der Waals surface area (Å²) in [6.07, 6.45) is 1.56. The van der Waals surface area contributed by atoms with Gasteiger partial charge in [0.15, 0.2) is 0 Å². The average molecular weight is 411 g/mol. The molecule has 2 aromatic rings. The van der Waals surface area contributed by atoms with E-state index in [1.54, 1.807) is 37.4 Å². The lowest BCUT2D eigenvalue weighted by Crippen LogP contribution is -2.03. The third-order valence-corrected chi connectivity index (χ3v) is 5.11. The average Bonchev–Trinajstić information content (AvgIpc) is 2.59. The van der Waals surface area contributed by atoms with E-state index in [0.29, 0.717) is 32.9 Å². The maximum atomic E-state index is 11.6. The quantitative estimate of drug-likeness (QED) is 0.546. The van der Waals surface area contributed by atoms with Crippen LogP contribution in [0.4, 0.5) is 5.69 Å². The summed E-state index contributed by atoms with van der Waals surface area (Å²) in [6.45, 7) is 5.75. The third kappa shape index (κ3) is 3.79. The van der Waals surface area contributed by atoms with Crippen LogP contribution < -0.4 is 0 Å². The molecule has 0 aliphatic heterocycles.